The maximum atomic E-state index is 12.5. The van der Waals surface area contributed by atoms with Crippen molar-refractivity contribution in [3.63, 3.8) is 0 Å². The first kappa shape index (κ1) is 18.3. The van der Waals surface area contributed by atoms with Gasteiger partial charge in [0.2, 0.25) is 5.91 Å². The molecule has 6 heteroatoms. The number of rotatable bonds is 6. The molecule has 0 spiro atoms. The maximum Gasteiger partial charge on any atom is 0.303 e. The Morgan fingerprint density at radius 3 is 2.58 bits per heavy atom. The first-order valence-electron chi connectivity index (χ1n) is 8.12. The molecule has 1 aliphatic rings. The van der Waals surface area contributed by atoms with Crippen molar-refractivity contribution in [1.29, 1.82) is 5.26 Å². The SMILES string of the molecule is Cc1cc(SC#N)ccc1NC(=O)CC1(CC(=O)O)CCCCC1. The number of nitriles is 1. The van der Waals surface area contributed by atoms with E-state index in [1.165, 1.54) is 0 Å². The van der Waals surface area contributed by atoms with Crippen LogP contribution in [0, 0.1) is 23.0 Å². The average molecular weight is 346 g/mol. The molecule has 1 aliphatic carbocycles. The molecule has 0 saturated heterocycles. The Morgan fingerprint density at radius 1 is 1.29 bits per heavy atom. The summed E-state index contributed by atoms with van der Waals surface area (Å²) >= 11 is 1.08. The summed E-state index contributed by atoms with van der Waals surface area (Å²) < 4.78 is 0. The standard InChI is InChI=1S/C18H22N2O3S/c1-13-9-14(24-12-19)5-6-15(13)20-16(21)10-18(11-17(22)23)7-3-2-4-8-18/h5-6,9H,2-4,7-8,10-11H2,1H3,(H,20,21)(H,22,23). The number of thioether (sulfide) groups is 1. The van der Waals surface area contributed by atoms with Crippen LogP contribution in [0.2, 0.25) is 0 Å². The van der Waals surface area contributed by atoms with Gasteiger partial charge in [-0.15, -0.1) is 0 Å². The Labute approximate surface area is 146 Å². The number of amides is 1. The largest absolute Gasteiger partial charge is 0.481 e. The number of hydrogen-bond acceptors (Lipinski definition) is 4. The monoisotopic (exact) mass is 346 g/mol. The number of thiocyanates is 1. The summed E-state index contributed by atoms with van der Waals surface area (Å²) in [5, 5.41) is 22.8. The average Bonchev–Trinajstić information content (AvgIpc) is 2.50. The predicted octanol–water partition coefficient (Wildman–Crippen LogP) is 4.32. The fraction of sp³-hybridized carbons (Fsp3) is 0.500. The number of nitrogens with zero attached hydrogens (tertiary/aromatic N) is 1. The van der Waals surface area contributed by atoms with Gasteiger partial charge in [0, 0.05) is 17.0 Å². The quantitative estimate of drug-likeness (QED) is 0.591. The summed E-state index contributed by atoms with van der Waals surface area (Å²) in [5.74, 6) is -0.972. The van der Waals surface area contributed by atoms with E-state index >= 15 is 0 Å². The number of anilines is 1. The summed E-state index contributed by atoms with van der Waals surface area (Å²) in [5.41, 5.74) is 1.18. The second-order valence-corrected chi connectivity index (χ2v) is 7.38. The zero-order valence-corrected chi connectivity index (χ0v) is 14.6. The third kappa shape index (κ3) is 5.00. The van der Waals surface area contributed by atoms with Gasteiger partial charge >= 0.3 is 5.97 Å². The van der Waals surface area contributed by atoms with Gasteiger partial charge in [-0.05, 0) is 60.7 Å². The summed E-state index contributed by atoms with van der Waals surface area (Å²) in [6, 6.07) is 5.44. The number of carbonyl (C=O) groups is 2. The van der Waals surface area contributed by atoms with Gasteiger partial charge in [-0.1, -0.05) is 19.3 Å². The van der Waals surface area contributed by atoms with Gasteiger partial charge in [0.25, 0.3) is 0 Å². The summed E-state index contributed by atoms with van der Waals surface area (Å²) in [7, 11) is 0. The fourth-order valence-corrected chi connectivity index (χ4v) is 3.94. The zero-order valence-electron chi connectivity index (χ0n) is 13.8. The van der Waals surface area contributed by atoms with Crippen molar-refractivity contribution in [3.8, 4) is 5.40 Å². The molecule has 5 nitrogen and oxygen atoms in total. The van der Waals surface area contributed by atoms with Gasteiger partial charge < -0.3 is 10.4 Å². The fourth-order valence-electron chi connectivity index (χ4n) is 3.47. The summed E-state index contributed by atoms with van der Waals surface area (Å²) in [6.07, 6.45) is 4.97. The molecule has 0 bridgehead atoms. The topological polar surface area (TPSA) is 90.2 Å². The first-order chi connectivity index (χ1) is 11.4. The molecule has 1 amide bonds. The molecule has 128 valence electrons. The molecule has 0 atom stereocenters. The Kier molecular flexibility index (Phi) is 6.27. The number of carbonyl (C=O) groups excluding carboxylic acids is 1. The number of nitrogens with one attached hydrogen (secondary N) is 1. The lowest BCUT2D eigenvalue weighted by molar-refractivity contribution is -0.140. The lowest BCUT2D eigenvalue weighted by Crippen LogP contribution is -2.32. The minimum absolute atomic E-state index is 0.0527. The van der Waals surface area contributed by atoms with Gasteiger partial charge in [-0.25, -0.2) is 0 Å². The van der Waals surface area contributed by atoms with Crippen molar-refractivity contribution < 1.29 is 14.7 Å². The van der Waals surface area contributed by atoms with Gasteiger partial charge in [-0.2, -0.15) is 5.26 Å². The molecule has 0 aromatic heterocycles. The van der Waals surface area contributed by atoms with Crippen molar-refractivity contribution in [2.45, 2.75) is 56.8 Å². The minimum Gasteiger partial charge on any atom is -0.481 e. The maximum absolute atomic E-state index is 12.5. The molecular formula is C18H22N2O3S. The van der Waals surface area contributed by atoms with Crippen LogP contribution in [0.3, 0.4) is 0 Å². The van der Waals surface area contributed by atoms with E-state index in [-0.39, 0.29) is 18.7 Å². The number of benzene rings is 1. The van der Waals surface area contributed by atoms with Crippen molar-refractivity contribution >= 4 is 29.3 Å². The molecule has 0 aliphatic heterocycles. The Bertz CT molecular complexity index is 661. The summed E-state index contributed by atoms with van der Waals surface area (Å²) in [6.45, 7) is 1.88. The van der Waals surface area contributed by atoms with E-state index in [1.807, 2.05) is 18.4 Å². The van der Waals surface area contributed by atoms with Gasteiger partial charge in [0.1, 0.15) is 5.40 Å². The Hall–Kier alpha value is -2.00. The molecular weight excluding hydrogens is 324 g/mol. The van der Waals surface area contributed by atoms with Crippen LogP contribution < -0.4 is 5.32 Å². The van der Waals surface area contributed by atoms with Crippen LogP contribution >= 0.6 is 11.8 Å². The van der Waals surface area contributed by atoms with Crippen LogP contribution in [0.1, 0.15) is 50.5 Å². The number of carboxylic acids is 1. The minimum atomic E-state index is -0.834. The second kappa shape index (κ2) is 8.20. The zero-order chi connectivity index (χ0) is 17.6. The van der Waals surface area contributed by atoms with Gasteiger partial charge in [0.15, 0.2) is 0 Å². The molecule has 1 aromatic rings. The van der Waals surface area contributed by atoms with Crippen molar-refractivity contribution in [1.82, 2.24) is 0 Å². The van der Waals surface area contributed by atoms with Crippen LogP contribution in [0.4, 0.5) is 5.69 Å². The number of aryl methyl sites for hydroxylation is 1. The molecule has 0 radical (unpaired) electrons. The lowest BCUT2D eigenvalue weighted by Gasteiger charge is -2.35. The Balaban J connectivity index is 2.05. The van der Waals surface area contributed by atoms with E-state index in [0.29, 0.717) is 5.69 Å². The normalized spacial score (nSPS) is 16.2. The van der Waals surface area contributed by atoms with Gasteiger partial charge in [-0.3, -0.25) is 9.59 Å². The van der Waals surface area contributed by atoms with Crippen molar-refractivity contribution in [2.24, 2.45) is 5.41 Å². The third-order valence-electron chi connectivity index (χ3n) is 4.61. The second-order valence-electron chi connectivity index (χ2n) is 6.53. The molecule has 0 unspecified atom stereocenters. The smallest absolute Gasteiger partial charge is 0.303 e. The highest BCUT2D eigenvalue weighted by molar-refractivity contribution is 8.03. The number of aliphatic carboxylic acids is 1. The van der Waals surface area contributed by atoms with E-state index in [4.69, 9.17) is 5.26 Å². The highest BCUT2D eigenvalue weighted by Crippen LogP contribution is 2.42. The molecule has 1 aromatic carbocycles. The van der Waals surface area contributed by atoms with E-state index in [9.17, 15) is 14.7 Å². The van der Waals surface area contributed by atoms with Crippen LogP contribution in [0.5, 0.6) is 0 Å². The first-order valence-corrected chi connectivity index (χ1v) is 8.94. The Morgan fingerprint density at radius 2 is 2.00 bits per heavy atom. The molecule has 1 fully saturated rings. The van der Waals surface area contributed by atoms with Crippen LogP contribution in [0.25, 0.3) is 0 Å². The highest BCUT2D eigenvalue weighted by Gasteiger charge is 2.36. The van der Waals surface area contributed by atoms with E-state index in [1.54, 1.807) is 12.1 Å². The lowest BCUT2D eigenvalue weighted by atomic mass is 9.69. The molecule has 2 N–H and O–H groups in total. The van der Waals surface area contributed by atoms with Crippen LogP contribution in [-0.4, -0.2) is 17.0 Å². The van der Waals surface area contributed by atoms with E-state index < -0.39 is 11.4 Å². The highest BCUT2D eigenvalue weighted by atomic mass is 32.2. The molecule has 24 heavy (non-hydrogen) atoms. The predicted molar refractivity (Wildman–Crippen MR) is 93.7 cm³/mol. The molecule has 2 rings (SSSR count). The van der Waals surface area contributed by atoms with E-state index in [2.05, 4.69) is 5.32 Å². The third-order valence-corrected chi connectivity index (χ3v) is 5.19. The summed E-state index contributed by atoms with van der Waals surface area (Å²) in [4.78, 5) is 24.5. The van der Waals surface area contributed by atoms with Gasteiger partial charge in [0.05, 0.1) is 6.42 Å². The number of carboxylic acid groups (broad SMARTS) is 1. The van der Waals surface area contributed by atoms with Crippen molar-refractivity contribution in [2.75, 3.05) is 5.32 Å². The van der Waals surface area contributed by atoms with E-state index in [0.717, 1.165) is 54.3 Å². The molecule has 1 saturated carbocycles. The van der Waals surface area contributed by atoms with Crippen LogP contribution in [-0.2, 0) is 9.59 Å². The van der Waals surface area contributed by atoms with Crippen LogP contribution in [0.15, 0.2) is 23.1 Å². The number of hydrogen-bond donors (Lipinski definition) is 2. The van der Waals surface area contributed by atoms with Crippen molar-refractivity contribution in [3.05, 3.63) is 23.8 Å². The molecule has 0 heterocycles.